The number of carbonyl (C=O) groups is 1. The number of rotatable bonds is 2. The van der Waals surface area contributed by atoms with E-state index in [1.54, 1.807) is 6.92 Å². The maximum atomic E-state index is 11.0. The molecule has 0 heterocycles. The second-order valence-corrected chi connectivity index (χ2v) is 12.4. The first kappa shape index (κ1) is 34.2. The normalized spacial score (nSPS) is 23.0. The maximum Gasteiger partial charge on any atom is 0.331 e. The fraction of sp³-hybridized carbons (Fsp3) is 0.914. The van der Waals surface area contributed by atoms with Gasteiger partial charge in [0.05, 0.1) is 0 Å². The van der Waals surface area contributed by atoms with E-state index in [0.29, 0.717) is 11.5 Å². The first-order valence-corrected chi connectivity index (χ1v) is 17.0. The van der Waals surface area contributed by atoms with Crippen LogP contribution in [-0.4, -0.2) is 11.1 Å². The van der Waals surface area contributed by atoms with Crippen molar-refractivity contribution < 1.29 is 9.90 Å². The van der Waals surface area contributed by atoms with Gasteiger partial charge in [0, 0.05) is 5.57 Å². The Balaban J connectivity index is 0.000000294. The quantitative estimate of drug-likeness (QED) is 0.369. The lowest BCUT2D eigenvalue weighted by molar-refractivity contribution is -0.132. The van der Waals surface area contributed by atoms with Gasteiger partial charge in [-0.3, -0.25) is 0 Å². The highest BCUT2D eigenvalue weighted by Gasteiger charge is 2.16. The Morgan fingerprint density at radius 1 is 0.405 bits per heavy atom. The Morgan fingerprint density at radius 2 is 0.595 bits per heavy atom. The van der Waals surface area contributed by atoms with Gasteiger partial charge in [-0.15, -0.1) is 0 Å². The van der Waals surface area contributed by atoms with E-state index in [4.69, 9.17) is 5.11 Å². The van der Waals surface area contributed by atoms with Gasteiger partial charge in [-0.05, 0) is 32.6 Å². The smallest absolute Gasteiger partial charge is 0.331 e. The first-order valence-electron chi connectivity index (χ1n) is 17.0. The Morgan fingerprint density at radius 3 is 0.784 bits per heavy atom. The molecule has 37 heavy (non-hydrogen) atoms. The molecule has 0 saturated heterocycles. The summed E-state index contributed by atoms with van der Waals surface area (Å²) >= 11 is 0. The van der Waals surface area contributed by atoms with Crippen LogP contribution in [0.3, 0.4) is 0 Å². The zero-order chi connectivity index (χ0) is 26.8. The molecular formula is C35H66O2. The molecule has 0 atom stereocenters. The molecule has 218 valence electrons. The van der Waals surface area contributed by atoms with E-state index in [9.17, 15) is 4.79 Å². The second-order valence-electron chi connectivity index (χ2n) is 12.4. The highest BCUT2D eigenvalue weighted by molar-refractivity contribution is 5.86. The monoisotopic (exact) mass is 519 g/mol. The van der Waals surface area contributed by atoms with Gasteiger partial charge in [0.2, 0.25) is 0 Å². The molecular weight excluding hydrogens is 452 g/mol. The van der Waals surface area contributed by atoms with Crippen LogP contribution < -0.4 is 0 Å². The zero-order valence-corrected chi connectivity index (χ0v) is 25.4. The van der Waals surface area contributed by atoms with Crippen LogP contribution in [0, 0.1) is 5.92 Å². The summed E-state index contributed by atoms with van der Waals surface area (Å²) in [4.78, 5) is 11.0. The van der Waals surface area contributed by atoms with E-state index in [1.807, 2.05) is 6.92 Å². The summed E-state index contributed by atoms with van der Waals surface area (Å²) in [6.45, 7) is 3.76. The molecule has 0 aromatic heterocycles. The summed E-state index contributed by atoms with van der Waals surface area (Å²) in [5.41, 5.74) is 1.67. The third-order valence-corrected chi connectivity index (χ3v) is 9.13. The third-order valence-electron chi connectivity index (χ3n) is 9.13. The molecule has 0 aromatic rings. The maximum absolute atomic E-state index is 11.0. The molecule has 3 fully saturated rings. The standard InChI is InChI=1S/C15H26O2.2C10H20/c1-12(13(2)15(16)17)14-10-8-6-4-3-5-7-9-11-14;2*1-2-4-6-8-10-9-7-5-3-1/h14H,3-11H2,1-2H3,(H,16,17);2*1-10H2. The largest absolute Gasteiger partial charge is 0.478 e. The fourth-order valence-corrected chi connectivity index (χ4v) is 6.25. The van der Waals surface area contributed by atoms with Crippen LogP contribution in [0.4, 0.5) is 0 Å². The van der Waals surface area contributed by atoms with Gasteiger partial charge in [0.25, 0.3) is 0 Å². The zero-order valence-electron chi connectivity index (χ0n) is 25.4. The van der Waals surface area contributed by atoms with Crippen molar-refractivity contribution in [2.45, 2.75) is 200 Å². The molecule has 0 aliphatic heterocycles. The summed E-state index contributed by atoms with van der Waals surface area (Å²) < 4.78 is 0. The molecule has 3 aliphatic carbocycles. The highest BCUT2D eigenvalue weighted by Crippen LogP contribution is 2.28. The van der Waals surface area contributed by atoms with Gasteiger partial charge in [0.1, 0.15) is 0 Å². The van der Waals surface area contributed by atoms with Crippen LogP contribution in [0.25, 0.3) is 0 Å². The van der Waals surface area contributed by atoms with Gasteiger partial charge >= 0.3 is 5.97 Å². The van der Waals surface area contributed by atoms with Crippen LogP contribution in [0.2, 0.25) is 0 Å². The van der Waals surface area contributed by atoms with Crippen LogP contribution >= 0.6 is 0 Å². The number of hydrogen-bond acceptors (Lipinski definition) is 1. The van der Waals surface area contributed by atoms with Crippen molar-refractivity contribution in [1.82, 2.24) is 0 Å². The van der Waals surface area contributed by atoms with Gasteiger partial charge in [-0.1, -0.05) is 179 Å². The molecule has 0 unspecified atom stereocenters. The molecule has 1 N–H and O–H groups in total. The van der Waals surface area contributed by atoms with Crippen molar-refractivity contribution in [3.63, 3.8) is 0 Å². The van der Waals surface area contributed by atoms with Crippen LogP contribution in [0.1, 0.15) is 200 Å². The summed E-state index contributed by atoms with van der Waals surface area (Å²) in [5, 5.41) is 9.05. The molecule has 0 spiro atoms. The first-order chi connectivity index (χ1) is 18.1. The van der Waals surface area contributed by atoms with Crippen LogP contribution in [0.15, 0.2) is 11.1 Å². The Kier molecular flexibility index (Phi) is 23.6. The summed E-state index contributed by atoms with van der Waals surface area (Å²) in [5.74, 6) is -0.246. The van der Waals surface area contributed by atoms with E-state index in [-0.39, 0.29) is 0 Å². The molecule has 2 heteroatoms. The van der Waals surface area contributed by atoms with E-state index < -0.39 is 5.97 Å². The molecule has 3 rings (SSSR count). The average molecular weight is 519 g/mol. The highest BCUT2D eigenvalue weighted by atomic mass is 16.4. The lowest BCUT2D eigenvalue weighted by Gasteiger charge is -2.20. The fourth-order valence-electron chi connectivity index (χ4n) is 6.25. The number of hydrogen-bond donors (Lipinski definition) is 1. The lowest BCUT2D eigenvalue weighted by atomic mass is 9.85. The minimum absolute atomic E-state index is 0.504. The predicted octanol–water partition coefficient (Wildman–Crippen LogP) is 12.4. The average Bonchev–Trinajstić information content (AvgIpc) is 2.93. The van der Waals surface area contributed by atoms with Gasteiger partial charge in [-0.25, -0.2) is 4.79 Å². The van der Waals surface area contributed by atoms with Gasteiger partial charge in [-0.2, -0.15) is 0 Å². The van der Waals surface area contributed by atoms with Gasteiger partial charge in [0.15, 0.2) is 0 Å². The van der Waals surface area contributed by atoms with Crippen molar-refractivity contribution in [2.75, 3.05) is 0 Å². The van der Waals surface area contributed by atoms with E-state index in [2.05, 4.69) is 0 Å². The van der Waals surface area contributed by atoms with Crippen molar-refractivity contribution >= 4 is 5.97 Å². The molecule has 2 nitrogen and oxygen atoms in total. The topological polar surface area (TPSA) is 37.3 Å². The molecule has 3 aliphatic rings. The van der Waals surface area contributed by atoms with Crippen molar-refractivity contribution in [2.24, 2.45) is 5.92 Å². The number of carboxylic acids is 1. The van der Waals surface area contributed by atoms with E-state index in [0.717, 1.165) is 5.57 Å². The molecule has 0 bridgehead atoms. The SMILES string of the molecule is C1CCCCCCCCC1.C1CCCCCCCCC1.CC(C(=O)O)=C(C)C1CCCCCCCCC1. The number of allylic oxidation sites excluding steroid dienone is 1. The lowest BCUT2D eigenvalue weighted by Crippen LogP contribution is -2.09. The third kappa shape index (κ3) is 20.8. The minimum atomic E-state index is -0.750. The number of carboxylic acid groups (broad SMARTS) is 1. The van der Waals surface area contributed by atoms with Crippen molar-refractivity contribution in [3.8, 4) is 0 Å². The van der Waals surface area contributed by atoms with Crippen LogP contribution in [-0.2, 0) is 4.79 Å². The molecule has 0 aromatic carbocycles. The van der Waals surface area contributed by atoms with E-state index >= 15 is 0 Å². The minimum Gasteiger partial charge on any atom is -0.478 e. The molecule has 0 radical (unpaired) electrons. The Hall–Kier alpha value is -0.790. The van der Waals surface area contributed by atoms with Crippen molar-refractivity contribution in [1.29, 1.82) is 0 Å². The molecule has 0 amide bonds. The Labute approximate surface area is 232 Å². The number of aliphatic carboxylic acids is 1. The van der Waals surface area contributed by atoms with Crippen molar-refractivity contribution in [3.05, 3.63) is 11.1 Å². The Bertz CT molecular complexity index is 453. The van der Waals surface area contributed by atoms with Crippen LogP contribution in [0.5, 0.6) is 0 Å². The second kappa shape index (κ2) is 25.5. The van der Waals surface area contributed by atoms with Gasteiger partial charge < -0.3 is 5.11 Å². The summed E-state index contributed by atoms with van der Waals surface area (Å²) in [6, 6.07) is 0. The molecule has 3 saturated carbocycles. The summed E-state index contributed by atoms with van der Waals surface area (Å²) in [6.07, 6.45) is 41.6. The van der Waals surface area contributed by atoms with E-state index in [1.165, 1.54) is 186 Å². The predicted molar refractivity (Wildman–Crippen MR) is 163 cm³/mol. The summed E-state index contributed by atoms with van der Waals surface area (Å²) in [7, 11) is 0.